The lowest BCUT2D eigenvalue weighted by atomic mass is 10.2. The smallest absolute Gasteiger partial charge is 0.120 e. The summed E-state index contributed by atoms with van der Waals surface area (Å²) in [5, 5.41) is 0. The fraction of sp³-hybridized carbons (Fsp3) is 0.200. The second kappa shape index (κ2) is 4.52. The van der Waals surface area contributed by atoms with Crippen LogP contribution in [0, 0.1) is 6.92 Å². The highest BCUT2D eigenvalue weighted by atomic mass is 16.5. The third-order valence-electron chi connectivity index (χ3n) is 1.72. The first-order valence-electron chi connectivity index (χ1n) is 4.09. The fourth-order valence-electron chi connectivity index (χ4n) is 1.04. The number of hydrogen-bond donors (Lipinski definition) is 2. The van der Waals surface area contributed by atoms with Crippen molar-refractivity contribution >= 4 is 5.69 Å². The molecule has 0 bridgehead atoms. The van der Waals surface area contributed by atoms with Crippen molar-refractivity contribution in [2.24, 2.45) is 5.84 Å². The van der Waals surface area contributed by atoms with Crippen LogP contribution in [0.4, 0.5) is 5.69 Å². The van der Waals surface area contributed by atoms with E-state index in [1.165, 1.54) is 0 Å². The number of nitrogens with one attached hydrogen (secondary N) is 1. The standard InChI is InChI=1S/C10H14N2O/c1-3-6-13-9-4-5-10(12-11)8(2)7-9/h3-5,7,12H,1,6,11H2,2H3. The Labute approximate surface area is 78.2 Å². The Hall–Kier alpha value is -1.48. The quantitative estimate of drug-likeness (QED) is 0.420. The highest BCUT2D eigenvalue weighted by Crippen LogP contribution is 2.20. The van der Waals surface area contributed by atoms with E-state index >= 15 is 0 Å². The van der Waals surface area contributed by atoms with Crippen LogP contribution in [-0.2, 0) is 0 Å². The summed E-state index contributed by atoms with van der Waals surface area (Å²) in [5.74, 6) is 6.12. The van der Waals surface area contributed by atoms with Gasteiger partial charge in [-0.25, -0.2) is 0 Å². The number of nitrogen functional groups attached to an aromatic ring is 1. The summed E-state index contributed by atoms with van der Waals surface area (Å²) >= 11 is 0. The van der Waals surface area contributed by atoms with Crippen LogP contribution < -0.4 is 16.0 Å². The first kappa shape index (κ1) is 9.61. The van der Waals surface area contributed by atoms with Crippen LogP contribution in [-0.4, -0.2) is 6.61 Å². The van der Waals surface area contributed by atoms with E-state index in [1.807, 2.05) is 25.1 Å². The van der Waals surface area contributed by atoms with Crippen molar-refractivity contribution in [1.29, 1.82) is 0 Å². The van der Waals surface area contributed by atoms with Crippen molar-refractivity contribution < 1.29 is 4.74 Å². The Balaban J connectivity index is 2.76. The number of nitrogens with two attached hydrogens (primary N) is 1. The average molecular weight is 178 g/mol. The van der Waals surface area contributed by atoms with E-state index in [-0.39, 0.29) is 0 Å². The normalized spacial score (nSPS) is 9.38. The summed E-state index contributed by atoms with van der Waals surface area (Å²) in [6, 6.07) is 5.68. The third kappa shape index (κ3) is 2.49. The van der Waals surface area contributed by atoms with E-state index in [0.717, 1.165) is 17.0 Å². The van der Waals surface area contributed by atoms with Crippen molar-refractivity contribution in [3.05, 3.63) is 36.4 Å². The summed E-state index contributed by atoms with van der Waals surface area (Å²) in [6.07, 6.45) is 1.71. The molecule has 0 aliphatic carbocycles. The highest BCUT2D eigenvalue weighted by molar-refractivity contribution is 5.52. The first-order valence-corrected chi connectivity index (χ1v) is 4.09. The molecule has 3 nitrogen and oxygen atoms in total. The second-order valence-electron chi connectivity index (χ2n) is 2.72. The van der Waals surface area contributed by atoms with Gasteiger partial charge in [0.1, 0.15) is 12.4 Å². The van der Waals surface area contributed by atoms with Gasteiger partial charge in [0.25, 0.3) is 0 Å². The van der Waals surface area contributed by atoms with Crippen LogP contribution in [0.5, 0.6) is 5.75 Å². The fourth-order valence-corrected chi connectivity index (χ4v) is 1.04. The molecule has 0 amide bonds. The Kier molecular flexibility index (Phi) is 3.34. The Morgan fingerprint density at radius 3 is 2.92 bits per heavy atom. The summed E-state index contributed by atoms with van der Waals surface area (Å²) in [6.45, 7) is 6.07. The van der Waals surface area contributed by atoms with Crippen LogP contribution >= 0.6 is 0 Å². The van der Waals surface area contributed by atoms with Crippen molar-refractivity contribution in [3.63, 3.8) is 0 Å². The summed E-state index contributed by atoms with van der Waals surface area (Å²) < 4.78 is 5.35. The molecule has 0 aliphatic heterocycles. The van der Waals surface area contributed by atoms with Gasteiger partial charge in [0.2, 0.25) is 0 Å². The number of anilines is 1. The maximum absolute atomic E-state index is 5.35. The van der Waals surface area contributed by atoms with Gasteiger partial charge in [-0.05, 0) is 30.7 Å². The summed E-state index contributed by atoms with van der Waals surface area (Å²) in [7, 11) is 0. The largest absolute Gasteiger partial charge is 0.490 e. The van der Waals surface area contributed by atoms with Gasteiger partial charge in [-0.2, -0.15) is 0 Å². The summed E-state index contributed by atoms with van der Waals surface area (Å²) in [5.41, 5.74) is 4.57. The molecule has 0 aromatic heterocycles. The van der Waals surface area contributed by atoms with Gasteiger partial charge in [0.15, 0.2) is 0 Å². The van der Waals surface area contributed by atoms with Crippen LogP contribution in [0.15, 0.2) is 30.9 Å². The number of rotatable bonds is 4. The molecule has 0 atom stereocenters. The van der Waals surface area contributed by atoms with E-state index in [0.29, 0.717) is 6.61 Å². The molecule has 3 heteroatoms. The van der Waals surface area contributed by atoms with E-state index < -0.39 is 0 Å². The van der Waals surface area contributed by atoms with Gasteiger partial charge in [-0.1, -0.05) is 12.7 Å². The van der Waals surface area contributed by atoms with Crippen molar-refractivity contribution in [3.8, 4) is 5.75 Å². The Bertz CT molecular complexity index is 297. The monoisotopic (exact) mass is 178 g/mol. The van der Waals surface area contributed by atoms with Crippen LogP contribution in [0.25, 0.3) is 0 Å². The molecular weight excluding hydrogens is 164 g/mol. The maximum Gasteiger partial charge on any atom is 0.120 e. The minimum Gasteiger partial charge on any atom is -0.490 e. The first-order chi connectivity index (χ1) is 6.27. The molecule has 70 valence electrons. The number of benzene rings is 1. The van der Waals surface area contributed by atoms with E-state index in [2.05, 4.69) is 12.0 Å². The molecule has 0 fully saturated rings. The zero-order chi connectivity index (χ0) is 9.68. The van der Waals surface area contributed by atoms with Crippen LogP contribution in [0.2, 0.25) is 0 Å². The molecule has 0 radical (unpaired) electrons. The van der Waals surface area contributed by atoms with Gasteiger partial charge in [-0.15, -0.1) is 0 Å². The Morgan fingerprint density at radius 2 is 2.38 bits per heavy atom. The van der Waals surface area contributed by atoms with Crippen molar-refractivity contribution in [1.82, 2.24) is 0 Å². The predicted octanol–water partition coefficient (Wildman–Crippen LogP) is 1.85. The molecule has 0 unspecified atom stereocenters. The molecule has 0 heterocycles. The van der Waals surface area contributed by atoms with Gasteiger partial charge < -0.3 is 10.2 Å². The van der Waals surface area contributed by atoms with Gasteiger partial charge in [-0.3, -0.25) is 5.84 Å². The molecular formula is C10H14N2O. The molecule has 13 heavy (non-hydrogen) atoms. The molecule has 1 aromatic rings. The predicted molar refractivity (Wildman–Crippen MR) is 54.7 cm³/mol. The van der Waals surface area contributed by atoms with Crippen LogP contribution in [0.3, 0.4) is 0 Å². The van der Waals surface area contributed by atoms with Crippen LogP contribution in [0.1, 0.15) is 5.56 Å². The second-order valence-corrected chi connectivity index (χ2v) is 2.72. The number of aryl methyl sites for hydroxylation is 1. The Morgan fingerprint density at radius 1 is 1.62 bits per heavy atom. The third-order valence-corrected chi connectivity index (χ3v) is 1.72. The van der Waals surface area contributed by atoms with E-state index in [1.54, 1.807) is 6.08 Å². The zero-order valence-corrected chi connectivity index (χ0v) is 7.71. The molecule has 0 saturated carbocycles. The molecule has 3 N–H and O–H groups in total. The zero-order valence-electron chi connectivity index (χ0n) is 7.71. The highest BCUT2D eigenvalue weighted by Gasteiger charge is 1.97. The maximum atomic E-state index is 5.35. The molecule has 0 aliphatic rings. The lowest BCUT2D eigenvalue weighted by Gasteiger charge is -2.07. The molecule has 0 spiro atoms. The van der Waals surface area contributed by atoms with Gasteiger partial charge in [0.05, 0.1) is 5.69 Å². The van der Waals surface area contributed by atoms with Gasteiger partial charge in [0, 0.05) is 0 Å². The minimum atomic E-state index is 0.523. The van der Waals surface area contributed by atoms with Crippen molar-refractivity contribution in [2.75, 3.05) is 12.0 Å². The number of ether oxygens (including phenoxy) is 1. The van der Waals surface area contributed by atoms with Crippen molar-refractivity contribution in [2.45, 2.75) is 6.92 Å². The average Bonchev–Trinajstić information content (AvgIpc) is 2.15. The molecule has 0 saturated heterocycles. The lowest BCUT2D eigenvalue weighted by molar-refractivity contribution is 0.363. The minimum absolute atomic E-state index is 0.523. The number of hydrogen-bond acceptors (Lipinski definition) is 3. The number of hydrazine groups is 1. The molecule has 1 aromatic carbocycles. The lowest BCUT2D eigenvalue weighted by Crippen LogP contribution is -2.08. The van der Waals surface area contributed by atoms with E-state index in [9.17, 15) is 0 Å². The summed E-state index contributed by atoms with van der Waals surface area (Å²) in [4.78, 5) is 0. The molecule has 1 rings (SSSR count). The topological polar surface area (TPSA) is 47.3 Å². The van der Waals surface area contributed by atoms with Gasteiger partial charge >= 0.3 is 0 Å². The van der Waals surface area contributed by atoms with E-state index in [4.69, 9.17) is 10.6 Å². The SMILES string of the molecule is C=CCOc1ccc(NN)c(C)c1.